The molecule has 1 aliphatic carbocycles. The van der Waals surface area contributed by atoms with E-state index in [1.807, 2.05) is 12.1 Å². The standard InChI is InChI=1S/C14H22O.C9H13.2CH3.2ClH.H3Si.Ti/c1-13(2,3)10-7-11(14(4,5)6)9-12(15)8-10;1-6-5-7(2)9(4)8(6)3;;;;;;/h7-9,15H,1-6H3;6H,1-4H3;2*1H3;2*1H;1H3;/q;3*-1;;;;+3. The Balaban J connectivity index is -0.0000000857. The van der Waals surface area contributed by atoms with Crippen molar-refractivity contribution in [1.29, 1.82) is 0 Å². The molecule has 0 fully saturated rings. The Bertz CT molecular complexity index is 636. The van der Waals surface area contributed by atoms with Gasteiger partial charge >= 0.3 is 21.7 Å². The minimum atomic E-state index is 0. The fraction of sp³-hybridized carbons (Fsp3) is 0.520. The molecule has 1 atom stereocenters. The molecule has 1 aromatic rings. The molecule has 1 aromatic carbocycles. The number of hydrogen-bond acceptors (Lipinski definition) is 1. The van der Waals surface area contributed by atoms with Gasteiger partial charge in [0.1, 0.15) is 5.75 Å². The van der Waals surface area contributed by atoms with Gasteiger partial charge in [-0.05, 0) is 45.1 Å². The molecular formula is C25H46Cl2OSiTi. The summed E-state index contributed by atoms with van der Waals surface area (Å²) in [5.74, 6) is 0.928. The summed E-state index contributed by atoms with van der Waals surface area (Å²) in [6, 6.07) is 5.91. The average Bonchev–Trinajstić information content (AvgIpc) is 2.63. The minimum Gasteiger partial charge on any atom is -0.508 e. The van der Waals surface area contributed by atoms with Gasteiger partial charge in [0.05, 0.1) is 0 Å². The molecule has 1 aliphatic rings. The zero-order valence-corrected chi connectivity index (χ0v) is 26.8. The van der Waals surface area contributed by atoms with Crippen molar-refractivity contribution in [2.24, 2.45) is 5.92 Å². The molecule has 5 heteroatoms. The van der Waals surface area contributed by atoms with E-state index >= 15 is 0 Å². The van der Waals surface area contributed by atoms with Crippen LogP contribution < -0.4 is 0 Å². The molecule has 0 heterocycles. The maximum atomic E-state index is 9.72. The number of allylic oxidation sites excluding steroid dienone is 4. The van der Waals surface area contributed by atoms with Crippen molar-refractivity contribution < 1.29 is 26.8 Å². The van der Waals surface area contributed by atoms with Crippen LogP contribution in [0.4, 0.5) is 0 Å². The number of phenolic OH excluding ortho intramolecular Hbond substituents is 1. The van der Waals surface area contributed by atoms with Crippen LogP contribution in [0.1, 0.15) is 80.4 Å². The SMILES string of the molecule is CC(C)(C)c1cc(O)cc(C(C)(C)C)c1.CC1=[C-]C(C)C(C)=C1C.Cl.Cl.[CH3-].[CH3-].[SiH3].[Ti+3]. The van der Waals surface area contributed by atoms with Gasteiger partial charge in [0, 0.05) is 0 Å². The third-order valence-electron chi connectivity index (χ3n) is 4.89. The molecule has 0 bridgehead atoms. The van der Waals surface area contributed by atoms with E-state index in [0.29, 0.717) is 11.7 Å². The van der Waals surface area contributed by atoms with Crippen LogP contribution in [0.25, 0.3) is 0 Å². The van der Waals surface area contributed by atoms with Gasteiger partial charge in [-0.3, -0.25) is 6.08 Å². The van der Waals surface area contributed by atoms with Crippen LogP contribution >= 0.6 is 24.8 Å². The van der Waals surface area contributed by atoms with Crippen molar-refractivity contribution in [3.8, 4) is 5.75 Å². The zero-order chi connectivity index (χ0) is 18.9. The summed E-state index contributed by atoms with van der Waals surface area (Å²) in [4.78, 5) is 0. The molecule has 0 spiro atoms. The Morgan fingerprint density at radius 3 is 1.30 bits per heavy atom. The van der Waals surface area contributed by atoms with E-state index in [-0.39, 0.29) is 83.2 Å². The first kappa shape index (κ1) is 43.8. The summed E-state index contributed by atoms with van der Waals surface area (Å²) >= 11 is 0. The quantitative estimate of drug-likeness (QED) is 0.288. The number of phenols is 1. The zero-order valence-electron chi connectivity index (χ0n) is 21.6. The number of benzene rings is 1. The van der Waals surface area contributed by atoms with Crippen LogP contribution in [0.2, 0.25) is 0 Å². The van der Waals surface area contributed by atoms with E-state index in [1.54, 1.807) is 0 Å². The second kappa shape index (κ2) is 16.6. The van der Waals surface area contributed by atoms with E-state index < -0.39 is 0 Å². The van der Waals surface area contributed by atoms with E-state index in [9.17, 15) is 5.11 Å². The molecule has 0 aliphatic heterocycles. The number of halogens is 2. The largest absolute Gasteiger partial charge is 3.00 e. The molecule has 0 saturated carbocycles. The molecule has 0 saturated heterocycles. The average molecular weight is 510 g/mol. The van der Waals surface area contributed by atoms with Crippen molar-refractivity contribution in [1.82, 2.24) is 0 Å². The summed E-state index contributed by atoms with van der Waals surface area (Å²) < 4.78 is 0. The Morgan fingerprint density at radius 2 is 1.13 bits per heavy atom. The second-order valence-corrected chi connectivity index (χ2v) is 9.07. The Morgan fingerprint density at radius 1 is 0.800 bits per heavy atom. The molecule has 0 aromatic heterocycles. The third kappa shape index (κ3) is 12.8. The first-order valence-corrected chi connectivity index (χ1v) is 8.86. The summed E-state index contributed by atoms with van der Waals surface area (Å²) in [7, 11) is 0. The van der Waals surface area contributed by atoms with Crippen LogP contribution in [0, 0.1) is 26.8 Å². The van der Waals surface area contributed by atoms with Gasteiger partial charge in [-0.1, -0.05) is 74.3 Å². The van der Waals surface area contributed by atoms with Crippen molar-refractivity contribution in [2.75, 3.05) is 0 Å². The maximum absolute atomic E-state index is 9.72. The van der Waals surface area contributed by atoms with Gasteiger partial charge in [0.2, 0.25) is 0 Å². The fourth-order valence-corrected chi connectivity index (χ4v) is 2.64. The molecule has 0 amide bonds. The van der Waals surface area contributed by atoms with E-state index in [4.69, 9.17) is 0 Å². The topological polar surface area (TPSA) is 20.2 Å². The van der Waals surface area contributed by atoms with E-state index in [1.165, 1.54) is 27.8 Å². The molecular weight excluding hydrogens is 463 g/mol. The molecule has 174 valence electrons. The predicted octanol–water partition coefficient (Wildman–Crippen LogP) is 7.27. The Kier molecular flexibility index (Phi) is 24.3. The van der Waals surface area contributed by atoms with E-state index in [2.05, 4.69) is 81.4 Å². The van der Waals surface area contributed by atoms with Crippen LogP contribution in [-0.4, -0.2) is 16.1 Å². The normalized spacial score (nSPS) is 14.6. The number of rotatable bonds is 0. The van der Waals surface area contributed by atoms with Gasteiger partial charge in [-0.15, -0.1) is 31.7 Å². The van der Waals surface area contributed by atoms with Gasteiger partial charge in [-0.25, -0.2) is 5.57 Å². The fourth-order valence-electron chi connectivity index (χ4n) is 2.64. The van der Waals surface area contributed by atoms with Crippen molar-refractivity contribution in [3.05, 3.63) is 67.0 Å². The van der Waals surface area contributed by atoms with Crippen LogP contribution in [-0.2, 0) is 32.5 Å². The summed E-state index contributed by atoms with van der Waals surface area (Å²) in [6.45, 7) is 21.6. The third-order valence-corrected chi connectivity index (χ3v) is 4.89. The number of aromatic hydroxyl groups is 1. The second-order valence-electron chi connectivity index (χ2n) is 9.07. The molecule has 1 unspecified atom stereocenters. The molecule has 1 N–H and O–H groups in total. The van der Waals surface area contributed by atoms with Gasteiger partial charge in [0.15, 0.2) is 0 Å². The van der Waals surface area contributed by atoms with Crippen molar-refractivity contribution in [2.45, 2.75) is 80.1 Å². The van der Waals surface area contributed by atoms with Crippen LogP contribution in [0.5, 0.6) is 5.75 Å². The molecule has 30 heavy (non-hydrogen) atoms. The minimum absolute atomic E-state index is 0. The van der Waals surface area contributed by atoms with Crippen molar-refractivity contribution >= 4 is 35.8 Å². The monoisotopic (exact) mass is 508 g/mol. The molecule has 1 nitrogen and oxygen atoms in total. The first-order chi connectivity index (χ1) is 10.7. The van der Waals surface area contributed by atoms with Crippen LogP contribution in [0.3, 0.4) is 0 Å². The number of hydrogen-bond donors (Lipinski definition) is 1. The van der Waals surface area contributed by atoms with Crippen LogP contribution in [0.15, 0.2) is 34.9 Å². The smallest absolute Gasteiger partial charge is 0.508 e. The maximum Gasteiger partial charge on any atom is 3.00 e. The Labute approximate surface area is 220 Å². The van der Waals surface area contributed by atoms with Gasteiger partial charge in [-0.2, -0.15) is 11.1 Å². The Hall–Kier alpha value is 0.0112. The molecule has 2 rings (SSSR count). The van der Waals surface area contributed by atoms with E-state index in [0.717, 1.165) is 0 Å². The summed E-state index contributed by atoms with van der Waals surface area (Å²) in [5.41, 5.74) is 6.78. The van der Waals surface area contributed by atoms with Crippen molar-refractivity contribution in [3.63, 3.8) is 0 Å². The summed E-state index contributed by atoms with van der Waals surface area (Å²) in [5, 5.41) is 9.72. The predicted molar refractivity (Wildman–Crippen MR) is 143 cm³/mol. The van der Waals surface area contributed by atoms with Gasteiger partial charge < -0.3 is 20.0 Å². The molecule has 2 radical (unpaired) electrons. The van der Waals surface area contributed by atoms with Gasteiger partial charge in [0.25, 0.3) is 0 Å². The first-order valence-electron chi connectivity index (χ1n) is 8.86. The summed E-state index contributed by atoms with van der Waals surface area (Å²) in [6.07, 6.45) is 3.36.